The lowest BCUT2D eigenvalue weighted by Gasteiger charge is -2.35. The zero-order chi connectivity index (χ0) is 17.7. The summed E-state index contributed by atoms with van der Waals surface area (Å²) >= 11 is 6.20. The standard InChI is InChI=1S/C18H25ClN2O3/c1-13(2)10-17(22)20-6-8-21(9-7-20)18(23)11-14-4-5-15(24-3)12-16(14)19/h4-5,12-13H,6-11H2,1-3H3. The molecule has 1 heterocycles. The van der Waals surface area contributed by atoms with E-state index in [-0.39, 0.29) is 18.2 Å². The van der Waals surface area contributed by atoms with Crippen LogP contribution in [0.2, 0.25) is 5.02 Å². The summed E-state index contributed by atoms with van der Waals surface area (Å²) in [6, 6.07) is 5.34. The minimum absolute atomic E-state index is 0.0398. The first kappa shape index (κ1) is 18.6. The van der Waals surface area contributed by atoms with E-state index < -0.39 is 0 Å². The normalized spacial score (nSPS) is 14.9. The number of hydrogen-bond acceptors (Lipinski definition) is 3. The first-order valence-electron chi connectivity index (χ1n) is 8.28. The van der Waals surface area contributed by atoms with Crippen molar-refractivity contribution in [3.63, 3.8) is 0 Å². The average Bonchev–Trinajstić information content (AvgIpc) is 2.56. The predicted octanol–water partition coefficient (Wildman–Crippen LogP) is 2.61. The van der Waals surface area contributed by atoms with Gasteiger partial charge in [-0.15, -0.1) is 0 Å². The van der Waals surface area contributed by atoms with Crippen LogP contribution >= 0.6 is 11.6 Å². The monoisotopic (exact) mass is 352 g/mol. The fourth-order valence-electron chi connectivity index (χ4n) is 2.76. The van der Waals surface area contributed by atoms with E-state index in [4.69, 9.17) is 16.3 Å². The molecule has 0 radical (unpaired) electrons. The molecular formula is C18H25ClN2O3. The zero-order valence-corrected chi connectivity index (χ0v) is 15.3. The van der Waals surface area contributed by atoms with Crippen molar-refractivity contribution in [3.8, 4) is 5.75 Å². The summed E-state index contributed by atoms with van der Waals surface area (Å²) in [4.78, 5) is 28.2. The van der Waals surface area contributed by atoms with Crippen molar-refractivity contribution < 1.29 is 14.3 Å². The van der Waals surface area contributed by atoms with E-state index >= 15 is 0 Å². The van der Waals surface area contributed by atoms with Gasteiger partial charge in [0.05, 0.1) is 13.5 Å². The molecule has 2 rings (SSSR count). The molecule has 0 bridgehead atoms. The van der Waals surface area contributed by atoms with Gasteiger partial charge in [-0.05, 0) is 23.6 Å². The van der Waals surface area contributed by atoms with Gasteiger partial charge in [-0.25, -0.2) is 0 Å². The first-order chi connectivity index (χ1) is 11.4. The number of piperazine rings is 1. The fourth-order valence-corrected chi connectivity index (χ4v) is 2.99. The third-order valence-corrected chi connectivity index (χ3v) is 4.52. The fraction of sp³-hybridized carbons (Fsp3) is 0.556. The van der Waals surface area contributed by atoms with Crippen molar-refractivity contribution in [2.75, 3.05) is 33.3 Å². The molecule has 0 aromatic heterocycles. The minimum atomic E-state index is 0.0398. The van der Waals surface area contributed by atoms with E-state index in [0.717, 1.165) is 5.56 Å². The van der Waals surface area contributed by atoms with Gasteiger partial charge in [0.15, 0.2) is 0 Å². The Morgan fingerprint density at radius 1 is 1.12 bits per heavy atom. The number of ether oxygens (including phenoxy) is 1. The van der Waals surface area contributed by atoms with Gasteiger partial charge in [-0.3, -0.25) is 9.59 Å². The maximum Gasteiger partial charge on any atom is 0.227 e. The van der Waals surface area contributed by atoms with Crippen LogP contribution in [0.25, 0.3) is 0 Å². The Hall–Kier alpha value is -1.75. The summed E-state index contributed by atoms with van der Waals surface area (Å²) in [5.74, 6) is 1.25. The lowest BCUT2D eigenvalue weighted by molar-refractivity contribution is -0.139. The summed E-state index contributed by atoms with van der Waals surface area (Å²) in [7, 11) is 1.58. The minimum Gasteiger partial charge on any atom is -0.497 e. The van der Waals surface area contributed by atoms with Crippen LogP contribution in [0.1, 0.15) is 25.8 Å². The molecule has 1 aromatic rings. The van der Waals surface area contributed by atoms with Gasteiger partial charge in [0, 0.05) is 37.6 Å². The lowest BCUT2D eigenvalue weighted by atomic mass is 10.1. The summed E-state index contributed by atoms with van der Waals surface area (Å²) in [5.41, 5.74) is 0.792. The van der Waals surface area contributed by atoms with Gasteiger partial charge < -0.3 is 14.5 Å². The Kier molecular flexibility index (Phi) is 6.49. The quantitative estimate of drug-likeness (QED) is 0.818. The molecule has 1 aromatic carbocycles. The Balaban J connectivity index is 1.88. The number of halogens is 1. The van der Waals surface area contributed by atoms with E-state index in [1.165, 1.54) is 0 Å². The van der Waals surface area contributed by atoms with Crippen molar-refractivity contribution in [1.82, 2.24) is 9.80 Å². The SMILES string of the molecule is COc1ccc(CC(=O)N2CCN(C(=O)CC(C)C)CC2)c(Cl)c1. The Morgan fingerprint density at radius 2 is 1.71 bits per heavy atom. The van der Waals surface area contributed by atoms with Crippen LogP contribution in [0, 0.1) is 5.92 Å². The van der Waals surface area contributed by atoms with E-state index in [1.54, 1.807) is 24.1 Å². The van der Waals surface area contributed by atoms with Gasteiger partial charge in [0.1, 0.15) is 5.75 Å². The number of carbonyl (C=O) groups is 2. The number of rotatable bonds is 5. The summed E-state index contributed by atoms with van der Waals surface area (Å²) < 4.78 is 5.12. The number of nitrogens with zero attached hydrogens (tertiary/aromatic N) is 2. The largest absolute Gasteiger partial charge is 0.497 e. The second kappa shape index (κ2) is 8.38. The molecule has 0 unspecified atom stereocenters. The summed E-state index contributed by atoms with van der Waals surface area (Å²) in [6.45, 7) is 6.45. The molecule has 0 saturated carbocycles. The molecule has 5 nitrogen and oxygen atoms in total. The Labute approximate surface area is 148 Å². The Morgan fingerprint density at radius 3 is 2.21 bits per heavy atom. The maximum atomic E-state index is 12.5. The first-order valence-corrected chi connectivity index (χ1v) is 8.66. The highest BCUT2D eigenvalue weighted by Crippen LogP contribution is 2.23. The van der Waals surface area contributed by atoms with E-state index in [1.807, 2.05) is 24.8 Å². The van der Waals surface area contributed by atoms with E-state index in [2.05, 4.69) is 0 Å². The van der Waals surface area contributed by atoms with Gasteiger partial charge >= 0.3 is 0 Å². The molecule has 132 valence electrons. The average molecular weight is 353 g/mol. The third-order valence-electron chi connectivity index (χ3n) is 4.17. The molecule has 6 heteroatoms. The highest BCUT2D eigenvalue weighted by molar-refractivity contribution is 6.31. The molecule has 0 spiro atoms. The second-order valence-corrected chi connectivity index (χ2v) is 6.90. The van der Waals surface area contributed by atoms with Gasteiger partial charge in [0.2, 0.25) is 11.8 Å². The molecule has 24 heavy (non-hydrogen) atoms. The second-order valence-electron chi connectivity index (χ2n) is 6.49. The molecule has 1 fully saturated rings. The number of benzene rings is 1. The van der Waals surface area contributed by atoms with E-state index in [0.29, 0.717) is 49.3 Å². The number of methoxy groups -OCH3 is 1. The number of hydrogen-bond donors (Lipinski definition) is 0. The van der Waals surface area contributed by atoms with Crippen LogP contribution in [0.5, 0.6) is 5.75 Å². The smallest absolute Gasteiger partial charge is 0.227 e. The van der Waals surface area contributed by atoms with Crippen LogP contribution < -0.4 is 4.74 Å². The topological polar surface area (TPSA) is 49.9 Å². The van der Waals surface area contributed by atoms with Crippen LogP contribution in [-0.2, 0) is 16.0 Å². The third kappa shape index (κ3) is 4.87. The molecule has 0 atom stereocenters. The van der Waals surface area contributed by atoms with Crippen molar-refractivity contribution >= 4 is 23.4 Å². The molecule has 2 amide bonds. The van der Waals surface area contributed by atoms with Crippen molar-refractivity contribution in [2.45, 2.75) is 26.7 Å². The van der Waals surface area contributed by atoms with Gasteiger partial charge in [0.25, 0.3) is 0 Å². The van der Waals surface area contributed by atoms with Crippen molar-refractivity contribution in [2.24, 2.45) is 5.92 Å². The highest BCUT2D eigenvalue weighted by atomic mass is 35.5. The summed E-state index contributed by atoms with van der Waals surface area (Å²) in [5, 5.41) is 0.536. The summed E-state index contributed by atoms with van der Waals surface area (Å²) in [6.07, 6.45) is 0.832. The van der Waals surface area contributed by atoms with Crippen LogP contribution in [0.4, 0.5) is 0 Å². The van der Waals surface area contributed by atoms with E-state index in [9.17, 15) is 9.59 Å². The number of carbonyl (C=O) groups excluding carboxylic acids is 2. The van der Waals surface area contributed by atoms with Crippen molar-refractivity contribution in [1.29, 1.82) is 0 Å². The predicted molar refractivity (Wildman–Crippen MR) is 94.3 cm³/mol. The number of amides is 2. The molecule has 0 aliphatic carbocycles. The van der Waals surface area contributed by atoms with Gasteiger partial charge in [-0.1, -0.05) is 31.5 Å². The van der Waals surface area contributed by atoms with Crippen LogP contribution in [0.15, 0.2) is 18.2 Å². The van der Waals surface area contributed by atoms with Gasteiger partial charge in [-0.2, -0.15) is 0 Å². The molecule has 1 saturated heterocycles. The zero-order valence-electron chi connectivity index (χ0n) is 14.5. The van der Waals surface area contributed by atoms with Crippen LogP contribution in [-0.4, -0.2) is 54.9 Å². The van der Waals surface area contributed by atoms with Crippen molar-refractivity contribution in [3.05, 3.63) is 28.8 Å². The Bertz CT molecular complexity index is 596. The molecular weight excluding hydrogens is 328 g/mol. The lowest BCUT2D eigenvalue weighted by Crippen LogP contribution is -2.51. The molecule has 0 N–H and O–H groups in total. The van der Waals surface area contributed by atoms with Crippen LogP contribution in [0.3, 0.4) is 0 Å². The highest BCUT2D eigenvalue weighted by Gasteiger charge is 2.24. The maximum absolute atomic E-state index is 12.5. The molecule has 1 aliphatic rings. The molecule has 1 aliphatic heterocycles.